The van der Waals surface area contributed by atoms with Gasteiger partial charge in [-0.15, -0.1) is 0 Å². The Morgan fingerprint density at radius 3 is 2.00 bits per heavy atom. The molecule has 1 aromatic carbocycles. The van der Waals surface area contributed by atoms with Crippen molar-refractivity contribution in [3.8, 4) is 0 Å². The van der Waals surface area contributed by atoms with Gasteiger partial charge >= 0.3 is 0 Å². The number of hydrogen-bond donors (Lipinski definition) is 0. The van der Waals surface area contributed by atoms with E-state index in [0.717, 1.165) is 5.30 Å². The topological polar surface area (TPSA) is 9.23 Å². The molecule has 0 amide bonds. The third kappa shape index (κ3) is 2.08. The Bertz CT molecular complexity index is 340. The lowest BCUT2D eigenvalue weighted by Gasteiger charge is -2.33. The zero-order valence-electron chi connectivity index (χ0n) is 9.15. The van der Waals surface area contributed by atoms with Crippen molar-refractivity contribution in [1.29, 1.82) is 0 Å². The van der Waals surface area contributed by atoms with E-state index in [1.54, 1.807) is 7.11 Å². The molecule has 0 aliphatic carbocycles. The summed E-state index contributed by atoms with van der Waals surface area (Å²) in [5.74, 6) is 0. The maximum absolute atomic E-state index is 5.70. The van der Waals surface area contributed by atoms with E-state index >= 15 is 0 Å². The fraction of sp³-hybridized carbons (Fsp3) is 0.455. The Kier molecular flexibility index (Phi) is 3.52. The number of rotatable bonds is 2. The minimum Gasteiger partial charge on any atom is -0.349 e. The predicted octanol–water partition coefficient (Wildman–Crippen LogP) is 3.15. The largest absolute Gasteiger partial charge is 0.349 e. The monoisotopic (exact) mass is 228 g/mol. The van der Waals surface area contributed by atoms with Crippen molar-refractivity contribution >= 4 is 23.4 Å². The van der Waals surface area contributed by atoms with Crippen LogP contribution in [0.1, 0.15) is 20.8 Å². The van der Waals surface area contributed by atoms with Crippen molar-refractivity contribution < 1.29 is 4.52 Å². The molecule has 78 valence electrons. The molecule has 1 rings (SSSR count). The van der Waals surface area contributed by atoms with Gasteiger partial charge in [0, 0.05) is 17.6 Å². The summed E-state index contributed by atoms with van der Waals surface area (Å²) in [6, 6.07) is 10.2. The third-order valence-electron chi connectivity index (χ3n) is 2.24. The van der Waals surface area contributed by atoms with Crippen molar-refractivity contribution in [2.45, 2.75) is 25.9 Å². The van der Waals surface area contributed by atoms with E-state index in [1.807, 2.05) is 18.2 Å². The standard InChI is InChI=1S/C11H17OPS/c1-11(2,3)13(14,12-4)10-8-6-5-7-9-10/h5-9H,1-4H3/t13-/m1/s1. The Balaban J connectivity index is 3.23. The molecule has 3 heteroatoms. The highest BCUT2D eigenvalue weighted by Gasteiger charge is 2.33. The SMILES string of the molecule is CO[P@@](=S)(c1ccccc1)C(C)(C)C. The van der Waals surface area contributed by atoms with Gasteiger partial charge in [-0.3, -0.25) is 0 Å². The van der Waals surface area contributed by atoms with Gasteiger partial charge < -0.3 is 4.52 Å². The molecule has 0 bridgehead atoms. The minimum absolute atomic E-state index is 0.0123. The van der Waals surface area contributed by atoms with Crippen molar-refractivity contribution in [2.75, 3.05) is 7.11 Å². The van der Waals surface area contributed by atoms with Gasteiger partial charge in [-0.1, -0.05) is 62.9 Å². The van der Waals surface area contributed by atoms with Gasteiger partial charge in [-0.2, -0.15) is 0 Å². The van der Waals surface area contributed by atoms with Crippen LogP contribution in [-0.2, 0) is 16.3 Å². The zero-order chi connectivity index (χ0) is 10.8. The minimum atomic E-state index is -1.90. The first kappa shape index (κ1) is 11.9. The van der Waals surface area contributed by atoms with E-state index in [0.29, 0.717) is 0 Å². The van der Waals surface area contributed by atoms with Crippen molar-refractivity contribution in [2.24, 2.45) is 0 Å². The van der Waals surface area contributed by atoms with Crippen molar-refractivity contribution in [3.63, 3.8) is 0 Å². The summed E-state index contributed by atoms with van der Waals surface area (Å²) in [4.78, 5) is 0. The number of benzene rings is 1. The van der Waals surface area contributed by atoms with Gasteiger partial charge in [0.15, 0.2) is 0 Å². The predicted molar refractivity (Wildman–Crippen MR) is 67.1 cm³/mol. The maximum Gasteiger partial charge on any atom is 0.0993 e. The van der Waals surface area contributed by atoms with Gasteiger partial charge in [0.25, 0.3) is 0 Å². The zero-order valence-corrected chi connectivity index (χ0v) is 10.9. The molecule has 0 saturated carbocycles. The molecule has 0 aliphatic rings. The van der Waals surface area contributed by atoms with E-state index < -0.39 is 6.26 Å². The van der Waals surface area contributed by atoms with Gasteiger partial charge in [0.2, 0.25) is 0 Å². The maximum atomic E-state index is 5.70. The van der Waals surface area contributed by atoms with Gasteiger partial charge in [0.1, 0.15) is 0 Å². The highest BCUT2D eigenvalue weighted by atomic mass is 32.4. The average Bonchev–Trinajstić information content (AvgIpc) is 2.16. The lowest BCUT2D eigenvalue weighted by atomic mass is 10.3. The molecule has 0 fully saturated rings. The molecule has 1 nitrogen and oxygen atoms in total. The molecule has 0 aliphatic heterocycles. The van der Waals surface area contributed by atoms with E-state index in [2.05, 4.69) is 32.9 Å². The van der Waals surface area contributed by atoms with Crippen LogP contribution in [0, 0.1) is 0 Å². The van der Waals surface area contributed by atoms with Gasteiger partial charge in [-0.25, -0.2) is 0 Å². The fourth-order valence-electron chi connectivity index (χ4n) is 1.39. The normalized spacial score (nSPS) is 16.3. The molecule has 0 radical (unpaired) electrons. The molecular formula is C11H17OPS. The smallest absolute Gasteiger partial charge is 0.0993 e. The highest BCUT2D eigenvalue weighted by Crippen LogP contribution is 2.57. The molecular weight excluding hydrogens is 211 g/mol. The first-order valence-corrected chi connectivity index (χ1v) is 7.35. The molecule has 0 unspecified atom stereocenters. The van der Waals surface area contributed by atoms with E-state index in [9.17, 15) is 0 Å². The van der Waals surface area contributed by atoms with E-state index in [1.165, 1.54) is 0 Å². The summed E-state index contributed by atoms with van der Waals surface area (Å²) in [7, 11) is 1.72. The highest BCUT2D eigenvalue weighted by molar-refractivity contribution is 8.16. The van der Waals surface area contributed by atoms with Crippen LogP contribution in [0.2, 0.25) is 0 Å². The summed E-state index contributed by atoms with van der Waals surface area (Å²) < 4.78 is 5.61. The van der Waals surface area contributed by atoms with Crippen LogP contribution >= 0.6 is 6.26 Å². The second kappa shape index (κ2) is 4.14. The summed E-state index contributed by atoms with van der Waals surface area (Å²) in [5.41, 5.74) is 0. The van der Waals surface area contributed by atoms with Crippen LogP contribution < -0.4 is 5.30 Å². The third-order valence-corrected chi connectivity index (χ3v) is 8.22. The Morgan fingerprint density at radius 1 is 1.14 bits per heavy atom. The van der Waals surface area contributed by atoms with E-state index in [4.69, 9.17) is 16.3 Å². The second-order valence-electron chi connectivity index (χ2n) is 4.24. The molecule has 1 aromatic rings. The number of hydrogen-bond acceptors (Lipinski definition) is 2. The Morgan fingerprint density at radius 2 is 1.64 bits per heavy atom. The van der Waals surface area contributed by atoms with Crippen LogP contribution in [0.5, 0.6) is 0 Å². The first-order chi connectivity index (χ1) is 6.42. The molecule has 0 N–H and O–H groups in total. The van der Waals surface area contributed by atoms with Crippen LogP contribution in [0.3, 0.4) is 0 Å². The molecule has 14 heavy (non-hydrogen) atoms. The quantitative estimate of drug-likeness (QED) is 0.719. The molecule has 0 aromatic heterocycles. The molecule has 0 heterocycles. The van der Waals surface area contributed by atoms with Crippen molar-refractivity contribution in [3.05, 3.63) is 30.3 Å². The Hall–Kier alpha value is -0.170. The van der Waals surface area contributed by atoms with Gasteiger partial charge in [-0.05, 0) is 0 Å². The molecule has 1 atom stereocenters. The second-order valence-corrected chi connectivity index (χ2v) is 9.11. The first-order valence-electron chi connectivity index (χ1n) is 4.63. The van der Waals surface area contributed by atoms with Crippen LogP contribution in [0.25, 0.3) is 0 Å². The summed E-state index contributed by atoms with van der Waals surface area (Å²) >= 11 is 5.70. The van der Waals surface area contributed by atoms with Gasteiger partial charge in [0.05, 0.1) is 6.26 Å². The van der Waals surface area contributed by atoms with Crippen LogP contribution in [-0.4, -0.2) is 12.3 Å². The van der Waals surface area contributed by atoms with E-state index in [-0.39, 0.29) is 5.16 Å². The summed E-state index contributed by atoms with van der Waals surface area (Å²) in [6.07, 6.45) is -1.90. The molecule has 0 saturated heterocycles. The average molecular weight is 228 g/mol. The van der Waals surface area contributed by atoms with Crippen molar-refractivity contribution in [1.82, 2.24) is 0 Å². The van der Waals surface area contributed by atoms with Crippen LogP contribution in [0.15, 0.2) is 30.3 Å². The fourth-order valence-corrected chi connectivity index (χ4v) is 3.85. The lowest BCUT2D eigenvalue weighted by molar-refractivity contribution is 0.446. The molecule has 0 spiro atoms. The lowest BCUT2D eigenvalue weighted by Crippen LogP contribution is -2.23. The van der Waals surface area contributed by atoms with Crippen LogP contribution in [0.4, 0.5) is 0 Å². The summed E-state index contributed by atoms with van der Waals surface area (Å²) in [5, 5.41) is 1.17. The summed E-state index contributed by atoms with van der Waals surface area (Å²) in [6.45, 7) is 6.43. The Labute approximate surface area is 91.6 Å².